The van der Waals surface area contributed by atoms with Crippen LogP contribution in [0.15, 0.2) is 24.3 Å². The zero-order chi connectivity index (χ0) is 17.2. The van der Waals surface area contributed by atoms with Gasteiger partial charge in [-0.2, -0.15) is 0 Å². The topological polar surface area (TPSA) is 70.1 Å². The van der Waals surface area contributed by atoms with Gasteiger partial charge in [0.25, 0.3) is 0 Å². The van der Waals surface area contributed by atoms with Gasteiger partial charge in [0.15, 0.2) is 0 Å². The molecule has 0 unspecified atom stereocenters. The van der Waals surface area contributed by atoms with E-state index in [4.69, 9.17) is 16.3 Å². The number of piperazine rings is 1. The average molecular weight is 341 g/mol. The second-order valence-corrected chi connectivity index (χ2v) is 6.87. The maximum absolute atomic E-state index is 12.5. The first kappa shape index (κ1) is 17.6. The van der Waals surface area contributed by atoms with Crippen LogP contribution in [0.3, 0.4) is 0 Å². The molecule has 2 rings (SSSR count). The Kier molecular flexibility index (Phi) is 5.16. The Morgan fingerprint density at radius 1 is 1.35 bits per heavy atom. The van der Waals surface area contributed by atoms with Crippen molar-refractivity contribution in [2.45, 2.75) is 32.4 Å². The summed E-state index contributed by atoms with van der Waals surface area (Å²) in [6.07, 6.45) is -0.556. The van der Waals surface area contributed by atoms with Crippen molar-refractivity contribution in [3.63, 3.8) is 0 Å². The number of amides is 2. The summed E-state index contributed by atoms with van der Waals surface area (Å²) in [4.78, 5) is 27.4. The number of aliphatic hydroxyl groups excluding tert-OH is 1. The minimum absolute atomic E-state index is 0.0892. The van der Waals surface area contributed by atoms with Gasteiger partial charge in [-0.1, -0.05) is 11.6 Å². The minimum atomic E-state index is -0.637. The summed E-state index contributed by atoms with van der Waals surface area (Å²) in [5, 5.41) is 10.2. The van der Waals surface area contributed by atoms with Crippen molar-refractivity contribution in [1.82, 2.24) is 4.90 Å². The Morgan fingerprint density at radius 2 is 1.96 bits per heavy atom. The van der Waals surface area contributed by atoms with E-state index in [1.807, 2.05) is 0 Å². The summed E-state index contributed by atoms with van der Waals surface area (Å²) in [7, 11) is 0. The van der Waals surface area contributed by atoms with Gasteiger partial charge in [0, 0.05) is 17.3 Å². The van der Waals surface area contributed by atoms with Gasteiger partial charge in [-0.25, -0.2) is 4.79 Å². The third-order valence-corrected chi connectivity index (χ3v) is 3.61. The van der Waals surface area contributed by atoms with Crippen molar-refractivity contribution in [2.24, 2.45) is 0 Å². The number of rotatable bonds is 2. The first-order valence-corrected chi connectivity index (χ1v) is 7.75. The van der Waals surface area contributed by atoms with Crippen molar-refractivity contribution in [3.05, 3.63) is 29.3 Å². The number of benzene rings is 1. The van der Waals surface area contributed by atoms with Crippen molar-refractivity contribution in [3.8, 4) is 0 Å². The second kappa shape index (κ2) is 6.76. The lowest BCUT2D eigenvalue weighted by Gasteiger charge is -2.40. The Bertz CT molecular complexity index is 583. The molecule has 0 bridgehead atoms. The lowest BCUT2D eigenvalue weighted by Crippen LogP contribution is -2.60. The summed E-state index contributed by atoms with van der Waals surface area (Å²) < 4.78 is 5.29. The SMILES string of the molecule is CC(C)(C)OC(=O)N1CC(=O)N(c2ccc(Cl)cc2)[C@@H](CO)C1. The quantitative estimate of drug-likeness (QED) is 0.896. The normalized spacial score (nSPS) is 19.0. The minimum Gasteiger partial charge on any atom is -0.444 e. The van der Waals surface area contributed by atoms with E-state index in [9.17, 15) is 14.7 Å². The van der Waals surface area contributed by atoms with Gasteiger partial charge in [0.1, 0.15) is 12.1 Å². The average Bonchev–Trinajstić information content (AvgIpc) is 2.46. The number of hydrogen-bond donors (Lipinski definition) is 1. The van der Waals surface area contributed by atoms with Gasteiger partial charge in [0.2, 0.25) is 5.91 Å². The van der Waals surface area contributed by atoms with Gasteiger partial charge in [0.05, 0.1) is 12.6 Å². The molecule has 1 aromatic rings. The van der Waals surface area contributed by atoms with E-state index in [0.29, 0.717) is 10.7 Å². The van der Waals surface area contributed by atoms with Crippen LogP contribution in [0.5, 0.6) is 0 Å². The lowest BCUT2D eigenvalue weighted by molar-refractivity contribution is -0.122. The van der Waals surface area contributed by atoms with Gasteiger partial charge in [-0.3, -0.25) is 9.69 Å². The van der Waals surface area contributed by atoms with Crippen molar-refractivity contribution >= 4 is 29.3 Å². The van der Waals surface area contributed by atoms with Crippen LogP contribution in [-0.2, 0) is 9.53 Å². The third kappa shape index (κ3) is 4.36. The number of hydrogen-bond acceptors (Lipinski definition) is 4. The molecule has 23 heavy (non-hydrogen) atoms. The summed E-state index contributed by atoms with van der Waals surface area (Å²) in [6.45, 7) is 5.15. The molecule has 1 fully saturated rings. The molecular formula is C16H21ClN2O4. The number of anilines is 1. The van der Waals surface area contributed by atoms with Crippen LogP contribution in [0.2, 0.25) is 5.02 Å². The van der Waals surface area contributed by atoms with Gasteiger partial charge in [-0.15, -0.1) is 0 Å². The molecule has 0 radical (unpaired) electrons. The van der Waals surface area contributed by atoms with Gasteiger partial charge < -0.3 is 14.7 Å². The van der Waals surface area contributed by atoms with E-state index in [1.165, 1.54) is 9.80 Å². The maximum Gasteiger partial charge on any atom is 0.410 e. The molecule has 1 aliphatic heterocycles. The molecule has 0 spiro atoms. The smallest absolute Gasteiger partial charge is 0.410 e. The van der Waals surface area contributed by atoms with E-state index >= 15 is 0 Å². The Hall–Kier alpha value is -1.79. The second-order valence-electron chi connectivity index (χ2n) is 6.44. The molecule has 1 atom stereocenters. The monoisotopic (exact) mass is 340 g/mol. The van der Waals surface area contributed by atoms with E-state index < -0.39 is 17.7 Å². The molecule has 0 saturated carbocycles. The molecule has 7 heteroatoms. The molecule has 1 aromatic carbocycles. The fourth-order valence-electron chi connectivity index (χ4n) is 2.41. The zero-order valence-electron chi connectivity index (χ0n) is 13.5. The maximum atomic E-state index is 12.5. The molecule has 1 heterocycles. The molecule has 126 valence electrons. The first-order valence-electron chi connectivity index (χ1n) is 7.37. The highest BCUT2D eigenvalue weighted by Gasteiger charge is 2.36. The van der Waals surface area contributed by atoms with Gasteiger partial charge >= 0.3 is 6.09 Å². The Morgan fingerprint density at radius 3 is 2.48 bits per heavy atom. The van der Waals surface area contributed by atoms with Crippen LogP contribution in [-0.4, -0.2) is 53.3 Å². The van der Waals surface area contributed by atoms with E-state index in [0.717, 1.165) is 0 Å². The van der Waals surface area contributed by atoms with Crippen LogP contribution >= 0.6 is 11.6 Å². The number of carbonyl (C=O) groups excluding carboxylic acids is 2. The van der Waals surface area contributed by atoms with Crippen molar-refractivity contribution in [2.75, 3.05) is 24.6 Å². The van der Waals surface area contributed by atoms with Crippen LogP contribution < -0.4 is 4.90 Å². The number of ether oxygens (including phenoxy) is 1. The van der Waals surface area contributed by atoms with Crippen LogP contribution in [0.1, 0.15) is 20.8 Å². The number of aliphatic hydroxyl groups is 1. The highest BCUT2D eigenvalue weighted by molar-refractivity contribution is 6.30. The van der Waals surface area contributed by atoms with Crippen molar-refractivity contribution < 1.29 is 19.4 Å². The summed E-state index contributed by atoms with van der Waals surface area (Å²) in [5.74, 6) is -0.275. The largest absolute Gasteiger partial charge is 0.444 e. The van der Waals surface area contributed by atoms with Crippen LogP contribution in [0.4, 0.5) is 10.5 Å². The standard InChI is InChI=1S/C16H21ClN2O4/c1-16(2,3)23-15(22)18-8-13(10-20)19(14(21)9-18)12-6-4-11(17)5-7-12/h4-7,13,20H,8-10H2,1-3H3/t13-/m1/s1. The van der Waals surface area contributed by atoms with Crippen LogP contribution in [0, 0.1) is 0 Å². The van der Waals surface area contributed by atoms with Crippen molar-refractivity contribution in [1.29, 1.82) is 0 Å². The summed E-state index contributed by atoms with van der Waals surface area (Å²) in [6, 6.07) is 6.26. The lowest BCUT2D eigenvalue weighted by atomic mass is 10.1. The molecule has 0 aromatic heterocycles. The molecule has 1 aliphatic rings. The molecule has 1 N–H and O–H groups in total. The first-order chi connectivity index (χ1) is 10.7. The molecule has 1 saturated heterocycles. The van der Waals surface area contributed by atoms with Crippen LogP contribution in [0.25, 0.3) is 0 Å². The molecule has 0 aliphatic carbocycles. The third-order valence-electron chi connectivity index (χ3n) is 3.36. The Balaban J connectivity index is 2.16. The fraction of sp³-hybridized carbons (Fsp3) is 0.500. The predicted octanol–water partition coefficient (Wildman–Crippen LogP) is 2.28. The Labute approximate surface area is 140 Å². The molecular weight excluding hydrogens is 320 g/mol. The summed E-state index contributed by atoms with van der Waals surface area (Å²) >= 11 is 5.86. The predicted molar refractivity (Wildman–Crippen MR) is 87.6 cm³/mol. The van der Waals surface area contributed by atoms with E-state index in [-0.39, 0.29) is 25.6 Å². The summed E-state index contributed by atoms with van der Waals surface area (Å²) in [5.41, 5.74) is 0.00426. The number of halogens is 1. The zero-order valence-corrected chi connectivity index (χ0v) is 14.2. The van der Waals surface area contributed by atoms with E-state index in [1.54, 1.807) is 45.0 Å². The number of nitrogens with zero attached hydrogens (tertiary/aromatic N) is 2. The number of carbonyl (C=O) groups is 2. The molecule has 2 amide bonds. The van der Waals surface area contributed by atoms with Gasteiger partial charge in [-0.05, 0) is 45.0 Å². The van der Waals surface area contributed by atoms with E-state index in [2.05, 4.69) is 0 Å². The highest BCUT2D eigenvalue weighted by Crippen LogP contribution is 2.24. The fourth-order valence-corrected chi connectivity index (χ4v) is 2.53. The highest BCUT2D eigenvalue weighted by atomic mass is 35.5. The molecule has 6 nitrogen and oxygen atoms in total.